The van der Waals surface area contributed by atoms with Crippen molar-refractivity contribution in [1.82, 2.24) is 9.97 Å². The van der Waals surface area contributed by atoms with Crippen LogP contribution in [-0.2, 0) is 0 Å². The highest BCUT2D eigenvalue weighted by Gasteiger charge is 2.15. The molecule has 1 aliphatic rings. The van der Waals surface area contributed by atoms with Crippen molar-refractivity contribution in [2.24, 2.45) is 0 Å². The molecule has 1 aliphatic heterocycles. The van der Waals surface area contributed by atoms with Gasteiger partial charge in [-0.25, -0.2) is 4.98 Å². The number of nitrogens with one attached hydrogen (secondary N) is 2. The van der Waals surface area contributed by atoms with Crippen LogP contribution in [0.25, 0.3) is 0 Å². The van der Waals surface area contributed by atoms with Gasteiger partial charge in [0, 0.05) is 41.8 Å². The Bertz CT molecular complexity index is 1010. The van der Waals surface area contributed by atoms with Gasteiger partial charge >= 0.3 is 0 Å². The van der Waals surface area contributed by atoms with Crippen molar-refractivity contribution in [1.29, 1.82) is 0 Å². The standard InChI is InChI=1S/C23H25N5O/c1-16-7-3-4-8-20(16)22(29)25-18-9-11-19(12-10-18)26-23-24-17(2)15-21(27-23)28-13-5-6-14-28/h3-4,7-12,15H,5-6,13-14H2,1-2H3,(H,25,29)(H,24,26,27). The largest absolute Gasteiger partial charge is 0.356 e. The van der Waals surface area contributed by atoms with Gasteiger partial charge in [0.15, 0.2) is 0 Å². The molecule has 0 saturated carbocycles. The van der Waals surface area contributed by atoms with E-state index in [1.807, 2.05) is 68.4 Å². The van der Waals surface area contributed by atoms with Gasteiger partial charge in [-0.2, -0.15) is 4.98 Å². The number of amides is 1. The first-order valence-corrected chi connectivity index (χ1v) is 9.93. The van der Waals surface area contributed by atoms with E-state index in [1.165, 1.54) is 12.8 Å². The highest BCUT2D eigenvalue weighted by molar-refractivity contribution is 6.05. The van der Waals surface area contributed by atoms with Crippen molar-refractivity contribution < 1.29 is 4.79 Å². The molecule has 148 valence electrons. The van der Waals surface area contributed by atoms with Gasteiger partial charge in [-0.3, -0.25) is 4.79 Å². The summed E-state index contributed by atoms with van der Waals surface area (Å²) in [7, 11) is 0. The average Bonchev–Trinajstić information content (AvgIpc) is 3.24. The van der Waals surface area contributed by atoms with E-state index >= 15 is 0 Å². The maximum Gasteiger partial charge on any atom is 0.255 e. The molecule has 2 heterocycles. The van der Waals surface area contributed by atoms with Crippen LogP contribution in [0.2, 0.25) is 0 Å². The number of hydrogen-bond donors (Lipinski definition) is 2. The van der Waals surface area contributed by atoms with E-state index in [0.29, 0.717) is 11.5 Å². The molecule has 0 aliphatic carbocycles. The van der Waals surface area contributed by atoms with Crippen molar-refractivity contribution in [2.75, 3.05) is 28.6 Å². The number of anilines is 4. The third-order valence-corrected chi connectivity index (χ3v) is 5.06. The molecule has 3 aromatic rings. The zero-order chi connectivity index (χ0) is 20.2. The topological polar surface area (TPSA) is 70.2 Å². The molecule has 1 amide bonds. The van der Waals surface area contributed by atoms with Gasteiger partial charge in [-0.05, 0) is 62.6 Å². The Morgan fingerprint density at radius 3 is 2.34 bits per heavy atom. The lowest BCUT2D eigenvalue weighted by Gasteiger charge is -2.17. The van der Waals surface area contributed by atoms with Crippen molar-refractivity contribution in [3.05, 3.63) is 71.4 Å². The summed E-state index contributed by atoms with van der Waals surface area (Å²) in [6.45, 7) is 6.01. The maximum absolute atomic E-state index is 12.5. The number of rotatable bonds is 5. The molecular weight excluding hydrogens is 362 g/mol. The van der Waals surface area contributed by atoms with Crippen molar-refractivity contribution in [2.45, 2.75) is 26.7 Å². The number of nitrogens with zero attached hydrogens (tertiary/aromatic N) is 3. The van der Waals surface area contributed by atoms with E-state index in [0.717, 1.165) is 41.5 Å². The van der Waals surface area contributed by atoms with E-state index in [9.17, 15) is 4.79 Å². The summed E-state index contributed by atoms with van der Waals surface area (Å²) in [6.07, 6.45) is 2.42. The molecule has 1 aromatic heterocycles. The van der Waals surface area contributed by atoms with Crippen molar-refractivity contribution in [3.8, 4) is 0 Å². The predicted molar refractivity (Wildman–Crippen MR) is 117 cm³/mol. The number of hydrogen-bond acceptors (Lipinski definition) is 5. The van der Waals surface area contributed by atoms with E-state index < -0.39 is 0 Å². The Kier molecular flexibility index (Phi) is 5.42. The predicted octanol–water partition coefficient (Wildman–Crippen LogP) is 4.69. The normalized spacial score (nSPS) is 13.4. The highest BCUT2D eigenvalue weighted by atomic mass is 16.1. The second-order valence-electron chi connectivity index (χ2n) is 7.36. The molecule has 1 saturated heterocycles. The smallest absolute Gasteiger partial charge is 0.255 e. The minimum atomic E-state index is -0.110. The monoisotopic (exact) mass is 387 g/mol. The molecule has 2 N–H and O–H groups in total. The van der Waals surface area contributed by atoms with Crippen LogP contribution in [0.15, 0.2) is 54.6 Å². The lowest BCUT2D eigenvalue weighted by molar-refractivity contribution is 0.102. The minimum absolute atomic E-state index is 0.110. The maximum atomic E-state index is 12.5. The molecule has 6 heteroatoms. The fraction of sp³-hybridized carbons (Fsp3) is 0.261. The van der Waals surface area contributed by atoms with Gasteiger partial charge in [0.25, 0.3) is 5.91 Å². The quantitative estimate of drug-likeness (QED) is 0.665. The molecule has 4 rings (SSSR count). The van der Waals surface area contributed by atoms with Crippen LogP contribution in [0.1, 0.15) is 34.5 Å². The number of benzene rings is 2. The molecular formula is C23H25N5O. The summed E-state index contributed by atoms with van der Waals surface area (Å²) in [5.41, 5.74) is 4.18. The van der Waals surface area contributed by atoms with Crippen LogP contribution in [0, 0.1) is 13.8 Å². The fourth-order valence-electron chi connectivity index (χ4n) is 3.51. The SMILES string of the molecule is Cc1cc(N2CCCC2)nc(Nc2ccc(NC(=O)c3ccccc3C)cc2)n1. The minimum Gasteiger partial charge on any atom is -0.356 e. The van der Waals surface area contributed by atoms with Crippen LogP contribution in [-0.4, -0.2) is 29.0 Å². The summed E-state index contributed by atoms with van der Waals surface area (Å²) in [4.78, 5) is 23.9. The number of aromatic nitrogens is 2. The van der Waals surface area contributed by atoms with E-state index in [-0.39, 0.29) is 5.91 Å². The zero-order valence-corrected chi connectivity index (χ0v) is 16.8. The molecule has 29 heavy (non-hydrogen) atoms. The van der Waals surface area contributed by atoms with Gasteiger partial charge in [-0.1, -0.05) is 18.2 Å². The summed E-state index contributed by atoms with van der Waals surface area (Å²) >= 11 is 0. The van der Waals surface area contributed by atoms with E-state index in [4.69, 9.17) is 0 Å². The van der Waals surface area contributed by atoms with Crippen LogP contribution in [0.5, 0.6) is 0 Å². The molecule has 0 radical (unpaired) electrons. The van der Waals surface area contributed by atoms with Gasteiger partial charge in [0.1, 0.15) is 5.82 Å². The van der Waals surface area contributed by atoms with Crippen LogP contribution in [0.4, 0.5) is 23.1 Å². The Morgan fingerprint density at radius 2 is 1.62 bits per heavy atom. The lowest BCUT2D eigenvalue weighted by Crippen LogP contribution is -2.19. The second kappa shape index (κ2) is 8.31. The third kappa shape index (κ3) is 4.54. The zero-order valence-electron chi connectivity index (χ0n) is 16.8. The number of carbonyl (C=O) groups is 1. The first-order valence-electron chi connectivity index (χ1n) is 9.93. The molecule has 2 aromatic carbocycles. The van der Waals surface area contributed by atoms with Crippen LogP contribution in [0.3, 0.4) is 0 Å². The van der Waals surface area contributed by atoms with E-state index in [2.05, 4.69) is 25.5 Å². The first-order chi connectivity index (χ1) is 14.1. The van der Waals surface area contributed by atoms with Crippen LogP contribution >= 0.6 is 0 Å². The Morgan fingerprint density at radius 1 is 0.931 bits per heavy atom. The Labute approximate surface area is 171 Å². The Balaban J connectivity index is 1.45. The molecule has 0 atom stereocenters. The van der Waals surface area contributed by atoms with Gasteiger partial charge in [-0.15, -0.1) is 0 Å². The number of aryl methyl sites for hydroxylation is 2. The summed E-state index contributed by atoms with van der Waals surface area (Å²) < 4.78 is 0. The van der Waals surface area contributed by atoms with E-state index in [1.54, 1.807) is 0 Å². The third-order valence-electron chi connectivity index (χ3n) is 5.06. The fourth-order valence-corrected chi connectivity index (χ4v) is 3.51. The Hall–Kier alpha value is -3.41. The average molecular weight is 387 g/mol. The summed E-state index contributed by atoms with van der Waals surface area (Å²) in [6, 6.07) is 17.1. The molecule has 0 bridgehead atoms. The molecule has 0 spiro atoms. The van der Waals surface area contributed by atoms with Crippen LogP contribution < -0.4 is 15.5 Å². The van der Waals surface area contributed by atoms with Crippen molar-refractivity contribution in [3.63, 3.8) is 0 Å². The molecule has 1 fully saturated rings. The van der Waals surface area contributed by atoms with Gasteiger partial charge in [0.2, 0.25) is 5.95 Å². The number of carbonyl (C=O) groups excluding carboxylic acids is 1. The summed E-state index contributed by atoms with van der Waals surface area (Å²) in [5, 5.41) is 6.21. The second-order valence-corrected chi connectivity index (χ2v) is 7.36. The van der Waals surface area contributed by atoms with Gasteiger partial charge in [0.05, 0.1) is 0 Å². The first kappa shape index (κ1) is 18.9. The molecule has 0 unspecified atom stereocenters. The lowest BCUT2D eigenvalue weighted by atomic mass is 10.1. The molecule has 6 nitrogen and oxygen atoms in total. The van der Waals surface area contributed by atoms with Crippen molar-refractivity contribution >= 4 is 29.0 Å². The van der Waals surface area contributed by atoms with Gasteiger partial charge < -0.3 is 15.5 Å². The summed E-state index contributed by atoms with van der Waals surface area (Å²) in [5.74, 6) is 1.45. The highest BCUT2D eigenvalue weighted by Crippen LogP contribution is 2.22.